The monoisotopic (exact) mass is 586 g/mol. The van der Waals surface area contributed by atoms with Crippen molar-refractivity contribution in [3.8, 4) is 0 Å². The fraction of sp³-hybridized carbons (Fsp3) is 0.212. The zero-order valence-electron chi connectivity index (χ0n) is 23.7. The highest BCUT2D eigenvalue weighted by atomic mass is 35.5. The number of aryl methyl sites for hydroxylation is 1. The largest absolute Gasteiger partial charge is 0.341 e. The molecule has 0 radical (unpaired) electrons. The van der Waals surface area contributed by atoms with Crippen LogP contribution in [-0.2, 0) is 16.2 Å². The lowest BCUT2D eigenvalue weighted by molar-refractivity contribution is -0.140. The predicted molar refractivity (Wildman–Crippen MR) is 168 cm³/mol. The van der Waals surface area contributed by atoms with Crippen LogP contribution in [0.25, 0.3) is 21.8 Å². The van der Waals surface area contributed by atoms with Gasteiger partial charge in [-0.05, 0) is 88.4 Å². The van der Waals surface area contributed by atoms with E-state index in [1.165, 1.54) is 18.7 Å². The van der Waals surface area contributed by atoms with Gasteiger partial charge in [-0.25, -0.2) is 4.79 Å². The van der Waals surface area contributed by atoms with E-state index in [0.717, 1.165) is 38.8 Å². The molecule has 0 unspecified atom stereocenters. The van der Waals surface area contributed by atoms with Crippen LogP contribution in [0.15, 0.2) is 94.0 Å². The van der Waals surface area contributed by atoms with Crippen molar-refractivity contribution >= 4 is 68.4 Å². The fourth-order valence-electron chi connectivity index (χ4n) is 4.62. The van der Waals surface area contributed by atoms with Gasteiger partial charge in [0.15, 0.2) is 5.78 Å². The molecule has 0 aliphatic rings. The molecule has 0 amide bonds. The molecule has 0 spiro atoms. The van der Waals surface area contributed by atoms with E-state index in [4.69, 9.17) is 16.4 Å². The van der Waals surface area contributed by atoms with Crippen LogP contribution in [0.5, 0.6) is 0 Å². The Bertz CT molecular complexity index is 1740. The first-order valence-corrected chi connectivity index (χ1v) is 14.6. The normalized spacial score (nSPS) is 11.8. The minimum absolute atomic E-state index is 0.0512. The number of carbonyl (C=O) groups excluding carboxylic acids is 3. The van der Waals surface area contributed by atoms with Gasteiger partial charge in [0.05, 0.1) is 0 Å². The molecule has 1 heterocycles. The van der Waals surface area contributed by atoms with Crippen LogP contribution in [0.3, 0.4) is 0 Å². The van der Waals surface area contributed by atoms with Gasteiger partial charge in [-0.1, -0.05) is 34.5 Å². The summed E-state index contributed by atoms with van der Waals surface area (Å²) >= 11 is 7.38. The van der Waals surface area contributed by atoms with Crippen molar-refractivity contribution in [3.63, 3.8) is 0 Å². The van der Waals surface area contributed by atoms with Crippen molar-refractivity contribution in [1.29, 1.82) is 0 Å². The third-order valence-electron chi connectivity index (χ3n) is 6.56. The minimum atomic E-state index is -0.612. The zero-order valence-corrected chi connectivity index (χ0v) is 25.2. The molecular weight excluding hydrogens is 556 g/mol. The van der Waals surface area contributed by atoms with Crippen molar-refractivity contribution in [1.82, 2.24) is 4.57 Å². The predicted octanol–water partition coefficient (Wildman–Crippen LogP) is 8.46. The van der Waals surface area contributed by atoms with Gasteiger partial charge in [0.25, 0.3) is 0 Å². The molecule has 4 aromatic rings. The van der Waals surface area contributed by atoms with Gasteiger partial charge in [-0.2, -0.15) is 0 Å². The summed E-state index contributed by atoms with van der Waals surface area (Å²) in [5.41, 5.74) is 4.61. The van der Waals surface area contributed by atoms with Crippen molar-refractivity contribution in [3.05, 3.63) is 100 Å². The smallest absolute Gasteiger partial charge is 0.331 e. The molecule has 0 fully saturated rings. The number of halogens is 1. The summed E-state index contributed by atoms with van der Waals surface area (Å²) in [4.78, 5) is 44.3. The molecule has 210 valence electrons. The Labute approximate surface area is 248 Å². The first-order chi connectivity index (χ1) is 19.6. The number of ketones is 2. The van der Waals surface area contributed by atoms with E-state index < -0.39 is 5.97 Å². The van der Waals surface area contributed by atoms with Crippen molar-refractivity contribution in [2.24, 2.45) is 5.16 Å². The van der Waals surface area contributed by atoms with E-state index >= 15 is 0 Å². The molecule has 41 heavy (non-hydrogen) atoms. The molecule has 6 nitrogen and oxygen atoms in total. The lowest BCUT2D eigenvalue weighted by Gasteiger charge is -2.07. The molecule has 0 saturated carbocycles. The highest BCUT2D eigenvalue weighted by Gasteiger charge is 2.20. The molecule has 0 atom stereocenters. The highest BCUT2D eigenvalue weighted by Crippen LogP contribution is 2.32. The second-order valence-electron chi connectivity index (χ2n) is 9.64. The number of oxime groups is 1. The summed E-state index contributed by atoms with van der Waals surface area (Å²) in [5, 5.41) is 6.24. The number of rotatable bonds is 10. The Morgan fingerprint density at radius 2 is 1.49 bits per heavy atom. The van der Waals surface area contributed by atoms with E-state index in [0.29, 0.717) is 21.7 Å². The quantitative estimate of drug-likeness (QED) is 0.0354. The average Bonchev–Trinajstić information content (AvgIpc) is 3.28. The van der Waals surface area contributed by atoms with E-state index in [2.05, 4.69) is 16.6 Å². The van der Waals surface area contributed by atoms with Gasteiger partial charge >= 0.3 is 5.97 Å². The Kier molecular flexibility index (Phi) is 9.63. The average molecular weight is 587 g/mol. The van der Waals surface area contributed by atoms with E-state index in [-0.39, 0.29) is 23.0 Å². The van der Waals surface area contributed by atoms with Crippen LogP contribution in [-0.4, -0.2) is 33.6 Å². The second-order valence-corrected chi connectivity index (χ2v) is 11.1. The topological polar surface area (TPSA) is 77.7 Å². The third-order valence-corrected chi connectivity index (χ3v) is 7.83. The van der Waals surface area contributed by atoms with Crippen LogP contribution < -0.4 is 0 Å². The molecule has 1 aromatic heterocycles. The maximum absolute atomic E-state index is 13.7. The number of benzene rings is 3. The van der Waals surface area contributed by atoms with Gasteiger partial charge in [-0.15, -0.1) is 11.8 Å². The van der Waals surface area contributed by atoms with E-state index in [1.807, 2.05) is 75.4 Å². The van der Waals surface area contributed by atoms with Gasteiger partial charge < -0.3 is 9.40 Å². The molecule has 0 aliphatic carbocycles. The van der Waals surface area contributed by atoms with E-state index in [1.54, 1.807) is 18.2 Å². The van der Waals surface area contributed by atoms with Gasteiger partial charge in [0.1, 0.15) is 5.71 Å². The van der Waals surface area contributed by atoms with Crippen molar-refractivity contribution < 1.29 is 19.2 Å². The number of hydrogen-bond acceptors (Lipinski definition) is 6. The Hall–Kier alpha value is -3.94. The molecule has 0 N–H and O–H groups in total. The lowest BCUT2D eigenvalue weighted by Crippen LogP contribution is -2.18. The van der Waals surface area contributed by atoms with Crippen LogP contribution in [0.2, 0.25) is 5.02 Å². The van der Waals surface area contributed by atoms with Crippen LogP contribution in [0.1, 0.15) is 55.3 Å². The summed E-state index contributed by atoms with van der Waals surface area (Å²) in [5.74, 6) is -0.819. The minimum Gasteiger partial charge on any atom is -0.341 e. The number of hydrogen-bond donors (Lipinski definition) is 0. The number of aromatic nitrogens is 1. The molecular formula is C33H31ClN2O4S. The maximum atomic E-state index is 13.7. The van der Waals surface area contributed by atoms with Crippen molar-refractivity contribution in [2.75, 3.05) is 5.75 Å². The molecule has 4 rings (SSSR count). The Morgan fingerprint density at radius 1 is 0.902 bits per heavy atom. The molecule has 0 bridgehead atoms. The summed E-state index contributed by atoms with van der Waals surface area (Å²) in [7, 11) is 0. The molecule has 8 heteroatoms. The van der Waals surface area contributed by atoms with E-state index in [9.17, 15) is 14.4 Å². The van der Waals surface area contributed by atoms with Gasteiger partial charge in [-0.3, -0.25) is 9.59 Å². The van der Waals surface area contributed by atoms with Crippen molar-refractivity contribution in [2.45, 2.75) is 46.1 Å². The molecule has 0 saturated heterocycles. The first kappa shape index (κ1) is 30.0. The van der Waals surface area contributed by atoms with Gasteiger partial charge in [0.2, 0.25) is 5.78 Å². The number of thioether (sulfide) groups is 1. The summed E-state index contributed by atoms with van der Waals surface area (Å²) in [6.45, 7) is 9.75. The third kappa shape index (κ3) is 6.69. The summed E-state index contributed by atoms with van der Waals surface area (Å²) in [6, 6.07) is 18.4. The number of nitrogens with zero attached hydrogens (tertiary/aromatic N) is 2. The Balaban J connectivity index is 1.78. The van der Waals surface area contributed by atoms with Crippen LogP contribution >= 0.6 is 23.4 Å². The SMILES string of the molecule is C/C=C\C(C(=O)c1ccc2c(c1)c1cc(C(=O)/C(CSc3ccc(Cl)cc3)=N/OC(C)=O)ccc1n2CC)=C(C)C. The van der Waals surface area contributed by atoms with Crippen LogP contribution in [0.4, 0.5) is 0 Å². The van der Waals surface area contributed by atoms with Gasteiger partial charge in [0, 0.05) is 67.6 Å². The lowest BCUT2D eigenvalue weighted by atomic mass is 9.97. The molecule has 3 aromatic carbocycles. The number of carbonyl (C=O) groups is 3. The maximum Gasteiger partial charge on any atom is 0.331 e. The summed E-state index contributed by atoms with van der Waals surface area (Å²) < 4.78 is 2.16. The van der Waals surface area contributed by atoms with Crippen LogP contribution in [0, 0.1) is 0 Å². The number of Topliss-reactive ketones (excluding diaryl/α,β-unsaturated/α-hetero) is 2. The highest BCUT2D eigenvalue weighted by molar-refractivity contribution is 8.00. The second kappa shape index (κ2) is 13.1. The summed E-state index contributed by atoms with van der Waals surface area (Å²) in [6.07, 6.45) is 3.69. The molecule has 0 aliphatic heterocycles. The first-order valence-electron chi connectivity index (χ1n) is 13.2. The number of allylic oxidation sites excluding steroid dienone is 4. The zero-order chi connectivity index (χ0) is 29.7. The fourth-order valence-corrected chi connectivity index (χ4v) is 5.56. The Morgan fingerprint density at radius 3 is 2.00 bits per heavy atom. The number of fused-ring (bicyclic) bond motifs is 3. The standard InChI is InChI=1S/C33H31ClN2O4S/c1-6-8-26(20(3)4)32(38)22-9-15-30-27(17-22)28-18-23(10-16-31(28)36(30)7-2)33(39)29(35-40-21(5)37)19-41-25-13-11-24(34)12-14-25/h6,8-18H,7,19H2,1-5H3/b8-6-,35-29+.